The predicted octanol–water partition coefficient (Wildman–Crippen LogP) is 2.91. The van der Waals surface area contributed by atoms with E-state index < -0.39 is 0 Å². The van der Waals surface area contributed by atoms with Gasteiger partial charge in [0.2, 0.25) is 5.82 Å². The Labute approximate surface area is 132 Å². The Morgan fingerprint density at radius 1 is 1.17 bits per heavy atom. The van der Waals surface area contributed by atoms with E-state index >= 15 is 0 Å². The first-order valence-corrected chi connectivity index (χ1v) is 7.44. The molecule has 0 spiro atoms. The molecule has 116 valence electrons. The minimum atomic E-state index is 0.343. The Kier molecular flexibility index (Phi) is 3.00. The largest absolute Gasteiger partial charge is 0.332 e. The number of rotatable bonds is 3. The van der Waals surface area contributed by atoms with Gasteiger partial charge in [-0.25, -0.2) is 4.98 Å². The van der Waals surface area contributed by atoms with Crippen molar-refractivity contribution in [1.82, 2.24) is 29.3 Å². The van der Waals surface area contributed by atoms with Crippen molar-refractivity contribution in [3.63, 3.8) is 0 Å². The summed E-state index contributed by atoms with van der Waals surface area (Å²) in [5.41, 5.74) is 3.32. The molecular weight excluding hydrogens is 292 g/mol. The number of aromatic nitrogens is 6. The number of fused-ring (bicyclic) bond motifs is 1. The molecule has 0 unspecified atom stereocenters. The van der Waals surface area contributed by atoms with E-state index in [1.165, 1.54) is 0 Å². The van der Waals surface area contributed by atoms with Crippen molar-refractivity contribution in [3.05, 3.63) is 42.4 Å². The first-order chi connectivity index (χ1) is 11.1. The van der Waals surface area contributed by atoms with Gasteiger partial charge < -0.3 is 8.92 Å². The van der Waals surface area contributed by atoms with Crippen molar-refractivity contribution >= 4 is 5.65 Å². The molecule has 0 fully saturated rings. The molecule has 0 atom stereocenters. The molecule has 4 aromatic rings. The van der Waals surface area contributed by atoms with Gasteiger partial charge >= 0.3 is 0 Å². The SMILES string of the molecule is CC(C)c1cc(-c2nc(-c3cn4ccccc4n3)no2)n(C)n1. The molecule has 7 nitrogen and oxygen atoms in total. The zero-order valence-electron chi connectivity index (χ0n) is 13.1. The lowest BCUT2D eigenvalue weighted by molar-refractivity contribution is 0.428. The first kappa shape index (κ1) is 13.7. The lowest BCUT2D eigenvalue weighted by Gasteiger charge is -1.95. The summed E-state index contributed by atoms with van der Waals surface area (Å²) in [6.07, 6.45) is 3.82. The maximum atomic E-state index is 5.40. The van der Waals surface area contributed by atoms with Crippen LogP contribution in [0.25, 0.3) is 28.8 Å². The molecule has 0 aliphatic rings. The molecular formula is C16H16N6O. The number of pyridine rings is 1. The maximum Gasteiger partial charge on any atom is 0.276 e. The topological polar surface area (TPSA) is 74.0 Å². The monoisotopic (exact) mass is 308 g/mol. The van der Waals surface area contributed by atoms with E-state index in [2.05, 4.69) is 34.1 Å². The second-order valence-electron chi connectivity index (χ2n) is 5.75. The number of imidazole rings is 1. The molecule has 7 heteroatoms. The lowest BCUT2D eigenvalue weighted by Crippen LogP contribution is -1.95. The third-order valence-corrected chi connectivity index (χ3v) is 3.73. The number of hydrogen-bond donors (Lipinski definition) is 0. The molecule has 4 aromatic heterocycles. The van der Waals surface area contributed by atoms with Crippen molar-refractivity contribution in [2.75, 3.05) is 0 Å². The highest BCUT2D eigenvalue weighted by Gasteiger charge is 2.18. The van der Waals surface area contributed by atoms with E-state index in [0.717, 1.165) is 17.0 Å². The molecule has 0 radical (unpaired) electrons. The van der Waals surface area contributed by atoms with Gasteiger partial charge in [-0.05, 0) is 24.1 Å². The molecule has 0 aromatic carbocycles. The van der Waals surface area contributed by atoms with Crippen LogP contribution in [-0.2, 0) is 7.05 Å². The molecule has 0 N–H and O–H groups in total. The van der Waals surface area contributed by atoms with Crippen LogP contribution in [-0.4, -0.2) is 29.3 Å². The quantitative estimate of drug-likeness (QED) is 0.582. The fourth-order valence-electron chi connectivity index (χ4n) is 2.45. The molecule has 0 aliphatic heterocycles. The van der Waals surface area contributed by atoms with Gasteiger partial charge in [0, 0.05) is 19.4 Å². The van der Waals surface area contributed by atoms with Crippen LogP contribution in [0.4, 0.5) is 0 Å². The van der Waals surface area contributed by atoms with E-state index in [-0.39, 0.29) is 0 Å². The van der Waals surface area contributed by atoms with Crippen LogP contribution in [0.2, 0.25) is 0 Å². The molecule has 23 heavy (non-hydrogen) atoms. The van der Waals surface area contributed by atoms with Crippen molar-refractivity contribution < 1.29 is 4.52 Å². The third kappa shape index (κ3) is 2.30. The highest BCUT2D eigenvalue weighted by atomic mass is 16.5. The predicted molar refractivity (Wildman–Crippen MR) is 84.8 cm³/mol. The van der Waals surface area contributed by atoms with Crippen molar-refractivity contribution in [2.24, 2.45) is 7.05 Å². The van der Waals surface area contributed by atoms with Crippen LogP contribution in [0.5, 0.6) is 0 Å². The van der Waals surface area contributed by atoms with E-state index in [9.17, 15) is 0 Å². The summed E-state index contributed by atoms with van der Waals surface area (Å²) in [6.45, 7) is 4.20. The van der Waals surface area contributed by atoms with Gasteiger partial charge in [-0.2, -0.15) is 10.1 Å². The fourth-order valence-corrected chi connectivity index (χ4v) is 2.45. The lowest BCUT2D eigenvalue weighted by atomic mass is 10.1. The van der Waals surface area contributed by atoms with Gasteiger partial charge in [-0.1, -0.05) is 25.1 Å². The van der Waals surface area contributed by atoms with Crippen molar-refractivity contribution in [1.29, 1.82) is 0 Å². The van der Waals surface area contributed by atoms with Gasteiger partial charge in [0.05, 0.1) is 5.69 Å². The van der Waals surface area contributed by atoms with Gasteiger partial charge in [-0.3, -0.25) is 4.68 Å². The van der Waals surface area contributed by atoms with Gasteiger partial charge in [0.1, 0.15) is 17.0 Å². The minimum Gasteiger partial charge on any atom is -0.332 e. The van der Waals surface area contributed by atoms with Crippen LogP contribution < -0.4 is 0 Å². The zero-order chi connectivity index (χ0) is 16.0. The summed E-state index contributed by atoms with van der Waals surface area (Å²) in [5, 5.41) is 8.52. The molecule has 0 amide bonds. The van der Waals surface area contributed by atoms with E-state index in [1.54, 1.807) is 4.68 Å². The Bertz CT molecular complexity index is 944. The molecule has 0 aliphatic carbocycles. The third-order valence-electron chi connectivity index (χ3n) is 3.73. The van der Waals surface area contributed by atoms with Crippen LogP contribution in [0, 0.1) is 0 Å². The average molecular weight is 308 g/mol. The summed E-state index contributed by atoms with van der Waals surface area (Å²) in [7, 11) is 1.87. The molecule has 4 rings (SSSR count). The normalized spacial score (nSPS) is 11.7. The van der Waals surface area contributed by atoms with E-state index in [4.69, 9.17) is 4.52 Å². The Hall–Kier alpha value is -2.96. The molecule has 0 saturated carbocycles. The molecule has 4 heterocycles. The summed E-state index contributed by atoms with van der Waals surface area (Å²) in [4.78, 5) is 8.97. The first-order valence-electron chi connectivity index (χ1n) is 7.44. The van der Waals surface area contributed by atoms with E-state index in [0.29, 0.717) is 23.3 Å². The zero-order valence-corrected chi connectivity index (χ0v) is 13.1. The number of nitrogens with zero attached hydrogens (tertiary/aromatic N) is 6. The standard InChI is InChI=1S/C16H16N6O/c1-10(2)11-8-13(21(3)19-11)16-18-15(20-23-16)12-9-22-7-5-4-6-14(22)17-12/h4-10H,1-3H3. The second kappa shape index (κ2) is 5.05. The van der Waals surface area contributed by atoms with Gasteiger partial charge in [-0.15, -0.1) is 0 Å². The fraction of sp³-hybridized carbons (Fsp3) is 0.250. The second-order valence-corrected chi connectivity index (χ2v) is 5.75. The van der Waals surface area contributed by atoms with Crippen molar-refractivity contribution in [3.8, 4) is 23.1 Å². The van der Waals surface area contributed by atoms with Crippen molar-refractivity contribution in [2.45, 2.75) is 19.8 Å². The Morgan fingerprint density at radius 2 is 2.04 bits per heavy atom. The maximum absolute atomic E-state index is 5.40. The Morgan fingerprint density at radius 3 is 2.78 bits per heavy atom. The summed E-state index contributed by atoms with van der Waals surface area (Å²) < 4.78 is 9.09. The summed E-state index contributed by atoms with van der Waals surface area (Å²) in [6, 6.07) is 7.80. The van der Waals surface area contributed by atoms with Gasteiger partial charge in [0.15, 0.2) is 0 Å². The van der Waals surface area contributed by atoms with Crippen LogP contribution in [0.1, 0.15) is 25.5 Å². The highest BCUT2D eigenvalue weighted by molar-refractivity contribution is 5.58. The van der Waals surface area contributed by atoms with Crippen LogP contribution in [0.3, 0.4) is 0 Å². The summed E-state index contributed by atoms with van der Waals surface area (Å²) in [5.74, 6) is 1.26. The number of hydrogen-bond acceptors (Lipinski definition) is 5. The Balaban J connectivity index is 1.74. The highest BCUT2D eigenvalue weighted by Crippen LogP contribution is 2.24. The minimum absolute atomic E-state index is 0.343. The van der Waals surface area contributed by atoms with E-state index in [1.807, 2.05) is 48.1 Å². The number of aryl methyl sites for hydroxylation is 1. The van der Waals surface area contributed by atoms with Crippen LogP contribution >= 0.6 is 0 Å². The average Bonchev–Trinajstić information content (AvgIpc) is 3.23. The van der Waals surface area contributed by atoms with Gasteiger partial charge in [0.25, 0.3) is 5.89 Å². The van der Waals surface area contributed by atoms with Crippen LogP contribution in [0.15, 0.2) is 41.2 Å². The smallest absolute Gasteiger partial charge is 0.276 e. The molecule has 0 bridgehead atoms. The summed E-state index contributed by atoms with van der Waals surface area (Å²) >= 11 is 0. The molecule has 0 saturated heterocycles.